The minimum Gasteiger partial charge on any atom is -0.482 e. The van der Waals surface area contributed by atoms with Gasteiger partial charge in [-0.25, -0.2) is 4.39 Å². The molecule has 0 bridgehead atoms. The molecule has 6 nitrogen and oxygen atoms in total. The van der Waals surface area contributed by atoms with Crippen molar-refractivity contribution in [1.82, 2.24) is 5.32 Å². The summed E-state index contributed by atoms with van der Waals surface area (Å²) in [5.41, 5.74) is 1.63. The number of anilines is 1. The van der Waals surface area contributed by atoms with E-state index >= 15 is 0 Å². The molecule has 0 unspecified atom stereocenters. The van der Waals surface area contributed by atoms with Gasteiger partial charge in [0.2, 0.25) is 5.91 Å². The number of hydrogen-bond acceptors (Lipinski definition) is 4. The Morgan fingerprint density at radius 1 is 1.12 bits per heavy atom. The summed E-state index contributed by atoms with van der Waals surface area (Å²) in [5, 5.41) is 5.33. The molecular weight excluding hydrogens is 339 g/mol. The Kier molecular flexibility index (Phi) is 5.26. The molecule has 2 N–H and O–H groups in total. The third kappa shape index (κ3) is 4.44. The average molecular weight is 356 g/mol. The predicted molar refractivity (Wildman–Crippen MR) is 92.4 cm³/mol. The van der Waals surface area contributed by atoms with Crippen molar-refractivity contribution < 1.29 is 23.5 Å². The normalized spacial score (nSPS) is 12.6. The first kappa shape index (κ1) is 17.6. The summed E-state index contributed by atoms with van der Waals surface area (Å²) in [6, 6.07) is 10.6. The topological polar surface area (TPSA) is 84.5 Å². The zero-order valence-electron chi connectivity index (χ0n) is 13.9. The van der Waals surface area contributed by atoms with Crippen molar-refractivity contribution in [3.8, 4) is 5.75 Å². The van der Waals surface area contributed by atoms with E-state index in [4.69, 9.17) is 4.74 Å². The molecule has 2 amide bonds. The lowest BCUT2D eigenvalue weighted by Crippen LogP contribution is -2.25. The molecule has 26 heavy (non-hydrogen) atoms. The Balaban J connectivity index is 1.50. The average Bonchev–Trinajstić information content (AvgIpc) is 2.65. The van der Waals surface area contributed by atoms with Crippen LogP contribution in [0.1, 0.15) is 28.8 Å². The number of hydrogen-bond donors (Lipinski definition) is 2. The van der Waals surface area contributed by atoms with Crippen LogP contribution in [0.2, 0.25) is 0 Å². The minimum atomic E-state index is -0.336. The Morgan fingerprint density at radius 3 is 2.65 bits per heavy atom. The van der Waals surface area contributed by atoms with Crippen molar-refractivity contribution in [2.24, 2.45) is 0 Å². The summed E-state index contributed by atoms with van der Waals surface area (Å²) < 4.78 is 18.1. The van der Waals surface area contributed by atoms with E-state index in [9.17, 15) is 18.8 Å². The van der Waals surface area contributed by atoms with Crippen LogP contribution in [0.4, 0.5) is 10.1 Å². The molecule has 1 aliphatic rings. The highest BCUT2D eigenvalue weighted by Gasteiger charge is 2.18. The number of ketones is 1. The molecule has 7 heteroatoms. The first-order chi connectivity index (χ1) is 12.5. The lowest BCUT2D eigenvalue weighted by atomic mass is 10.0. The molecule has 0 saturated heterocycles. The van der Waals surface area contributed by atoms with Crippen LogP contribution in [0.15, 0.2) is 42.5 Å². The molecule has 0 spiro atoms. The molecule has 0 radical (unpaired) electrons. The SMILES string of the molecule is O=C(CCC(=O)c1ccc2c(c1)NC(=O)CO2)NCc1ccc(F)cc1. The molecule has 0 aromatic heterocycles. The smallest absolute Gasteiger partial charge is 0.262 e. The summed E-state index contributed by atoms with van der Waals surface area (Å²) in [6.07, 6.45) is 0.0861. The molecule has 2 aromatic rings. The molecule has 0 aliphatic carbocycles. The van der Waals surface area contributed by atoms with Gasteiger partial charge in [-0.2, -0.15) is 0 Å². The number of nitrogens with one attached hydrogen (secondary N) is 2. The number of halogens is 1. The van der Waals surface area contributed by atoms with Crippen LogP contribution >= 0.6 is 0 Å². The van der Waals surface area contributed by atoms with Gasteiger partial charge in [0.25, 0.3) is 5.91 Å². The standard InChI is InChI=1S/C19H17FN2O4/c20-14-4-1-12(2-5-14)10-21-18(24)8-6-16(23)13-3-7-17-15(9-13)22-19(25)11-26-17/h1-5,7,9H,6,8,10-11H2,(H,21,24)(H,22,25). The highest BCUT2D eigenvalue weighted by molar-refractivity contribution is 6.01. The van der Waals surface area contributed by atoms with Crippen molar-refractivity contribution in [2.75, 3.05) is 11.9 Å². The largest absolute Gasteiger partial charge is 0.482 e. The molecule has 1 aliphatic heterocycles. The molecule has 0 atom stereocenters. The van der Waals surface area contributed by atoms with Gasteiger partial charge in [0, 0.05) is 24.9 Å². The number of amides is 2. The Morgan fingerprint density at radius 2 is 1.88 bits per heavy atom. The second-order valence-corrected chi connectivity index (χ2v) is 5.87. The van der Waals surface area contributed by atoms with E-state index < -0.39 is 0 Å². The number of carbonyl (C=O) groups is 3. The lowest BCUT2D eigenvalue weighted by Gasteiger charge is -2.18. The zero-order valence-corrected chi connectivity index (χ0v) is 13.9. The van der Waals surface area contributed by atoms with Crippen molar-refractivity contribution in [1.29, 1.82) is 0 Å². The molecule has 2 aromatic carbocycles. The van der Waals surface area contributed by atoms with E-state index in [1.54, 1.807) is 30.3 Å². The Labute approximate surface area is 149 Å². The number of rotatable bonds is 6. The zero-order chi connectivity index (χ0) is 18.5. The van der Waals surface area contributed by atoms with Gasteiger partial charge in [-0.05, 0) is 35.9 Å². The molecule has 0 fully saturated rings. The van der Waals surface area contributed by atoms with E-state index in [0.29, 0.717) is 17.0 Å². The molecule has 0 saturated carbocycles. The fourth-order valence-electron chi connectivity index (χ4n) is 2.52. The fraction of sp³-hybridized carbons (Fsp3) is 0.211. The molecule has 1 heterocycles. The van der Waals surface area contributed by atoms with Crippen molar-refractivity contribution in [3.63, 3.8) is 0 Å². The summed E-state index contributed by atoms with van der Waals surface area (Å²) in [6.45, 7) is 0.226. The van der Waals surface area contributed by atoms with Crippen LogP contribution in [0.25, 0.3) is 0 Å². The summed E-state index contributed by atoms with van der Waals surface area (Å²) >= 11 is 0. The third-order valence-corrected chi connectivity index (χ3v) is 3.92. The predicted octanol–water partition coefficient (Wildman–Crippen LogP) is 2.44. The lowest BCUT2D eigenvalue weighted by molar-refractivity contribution is -0.121. The number of fused-ring (bicyclic) bond motifs is 1. The summed E-state index contributed by atoms with van der Waals surface area (Å²) in [4.78, 5) is 35.5. The van der Waals surface area contributed by atoms with E-state index in [0.717, 1.165) is 5.56 Å². The van der Waals surface area contributed by atoms with E-state index in [1.807, 2.05) is 0 Å². The van der Waals surface area contributed by atoms with E-state index in [-0.39, 0.29) is 49.4 Å². The molecule has 3 rings (SSSR count). The van der Waals surface area contributed by atoms with Crippen LogP contribution in [0.5, 0.6) is 5.75 Å². The van der Waals surface area contributed by atoms with Crippen LogP contribution in [-0.2, 0) is 16.1 Å². The fourth-order valence-corrected chi connectivity index (χ4v) is 2.52. The molecule has 134 valence electrons. The van der Waals surface area contributed by atoms with Gasteiger partial charge in [0.1, 0.15) is 11.6 Å². The number of benzene rings is 2. The van der Waals surface area contributed by atoms with Crippen LogP contribution < -0.4 is 15.4 Å². The van der Waals surface area contributed by atoms with E-state index in [1.165, 1.54) is 12.1 Å². The number of carbonyl (C=O) groups excluding carboxylic acids is 3. The first-order valence-electron chi connectivity index (χ1n) is 8.12. The monoisotopic (exact) mass is 356 g/mol. The van der Waals surface area contributed by atoms with Gasteiger partial charge < -0.3 is 15.4 Å². The Bertz CT molecular complexity index is 849. The van der Waals surface area contributed by atoms with Gasteiger partial charge in [0.15, 0.2) is 12.4 Å². The van der Waals surface area contributed by atoms with Gasteiger partial charge in [0.05, 0.1) is 5.69 Å². The van der Waals surface area contributed by atoms with Crippen molar-refractivity contribution in [3.05, 3.63) is 59.4 Å². The van der Waals surface area contributed by atoms with Crippen LogP contribution in [-0.4, -0.2) is 24.2 Å². The third-order valence-electron chi connectivity index (χ3n) is 3.92. The maximum atomic E-state index is 12.8. The van der Waals surface area contributed by atoms with Crippen LogP contribution in [0, 0.1) is 5.82 Å². The highest BCUT2D eigenvalue weighted by Crippen LogP contribution is 2.28. The second kappa shape index (κ2) is 7.77. The Hall–Kier alpha value is -3.22. The van der Waals surface area contributed by atoms with Gasteiger partial charge >= 0.3 is 0 Å². The number of ether oxygens (including phenoxy) is 1. The quantitative estimate of drug-likeness (QED) is 0.779. The van der Waals surface area contributed by atoms with Crippen molar-refractivity contribution >= 4 is 23.3 Å². The minimum absolute atomic E-state index is 0.0416. The maximum Gasteiger partial charge on any atom is 0.262 e. The molecular formula is C19H17FN2O4. The van der Waals surface area contributed by atoms with Crippen LogP contribution in [0.3, 0.4) is 0 Å². The first-order valence-corrected chi connectivity index (χ1v) is 8.12. The maximum absolute atomic E-state index is 12.8. The highest BCUT2D eigenvalue weighted by atomic mass is 19.1. The van der Waals surface area contributed by atoms with Gasteiger partial charge in [-0.15, -0.1) is 0 Å². The summed E-state index contributed by atoms with van der Waals surface area (Å²) in [7, 11) is 0. The van der Waals surface area contributed by atoms with Gasteiger partial charge in [-0.1, -0.05) is 12.1 Å². The van der Waals surface area contributed by atoms with Gasteiger partial charge in [-0.3, -0.25) is 14.4 Å². The van der Waals surface area contributed by atoms with Crippen molar-refractivity contribution in [2.45, 2.75) is 19.4 Å². The van der Waals surface area contributed by atoms with E-state index in [2.05, 4.69) is 10.6 Å². The second-order valence-electron chi connectivity index (χ2n) is 5.87. The number of Topliss-reactive ketones (excluding diaryl/α,β-unsaturated/α-hetero) is 1. The summed E-state index contributed by atoms with van der Waals surface area (Å²) in [5.74, 6) is -0.570.